The first-order chi connectivity index (χ1) is 13.4. The Morgan fingerprint density at radius 3 is 2.64 bits per heavy atom. The van der Waals surface area contributed by atoms with E-state index < -0.39 is 18.0 Å². The molecule has 2 amide bonds. The number of amides is 2. The van der Waals surface area contributed by atoms with Crippen LogP contribution in [0.15, 0.2) is 40.9 Å². The van der Waals surface area contributed by atoms with Gasteiger partial charge < -0.3 is 20.1 Å². The largest absolute Gasteiger partial charge is 0.422 e. The molecule has 0 radical (unpaired) electrons. The van der Waals surface area contributed by atoms with Gasteiger partial charge in [0.25, 0.3) is 0 Å². The normalized spacial score (nSPS) is 30.0. The molecule has 0 spiro atoms. The standard InChI is InChI=1S/C20H22N2O5S/c1-10-16-15(11(2)23)19(25)22(16)17(18(10)28-13-8-14(24)21-9-13)20(26)27-12-6-4-3-5-7-12/h3-7,10-11,13,15-16,23H,8-9H2,1-2H3,(H,21,24)/t10-,11-,13-,15-,16-/m1/s1. The van der Waals surface area contributed by atoms with Crippen molar-refractivity contribution < 1.29 is 24.2 Å². The number of fused-ring (bicyclic) bond motifs is 1. The Labute approximate surface area is 167 Å². The number of benzene rings is 1. The van der Waals surface area contributed by atoms with Crippen LogP contribution in [-0.2, 0) is 14.4 Å². The number of ether oxygens (including phenoxy) is 1. The van der Waals surface area contributed by atoms with Crippen molar-refractivity contribution in [2.75, 3.05) is 6.54 Å². The molecule has 1 aromatic carbocycles. The number of carbonyl (C=O) groups is 3. The second-order valence-electron chi connectivity index (χ2n) is 7.42. The highest BCUT2D eigenvalue weighted by Crippen LogP contribution is 2.51. The average Bonchev–Trinajstić information content (AvgIpc) is 3.16. The van der Waals surface area contributed by atoms with Crippen molar-refractivity contribution in [3.63, 3.8) is 0 Å². The molecule has 3 aliphatic heterocycles. The van der Waals surface area contributed by atoms with E-state index in [-0.39, 0.29) is 34.7 Å². The number of nitrogens with zero attached hydrogens (tertiary/aromatic N) is 1. The lowest BCUT2D eigenvalue weighted by Crippen LogP contribution is -2.63. The third-order valence-electron chi connectivity index (χ3n) is 5.49. The van der Waals surface area contributed by atoms with Crippen LogP contribution in [0, 0.1) is 11.8 Å². The molecule has 8 heteroatoms. The SMILES string of the molecule is C[C@@H](O)[C@H]1C(=O)N2C(C(=O)Oc3ccccc3)=C(S[C@H]3CNC(=O)C3)[C@H](C)[C@H]12. The predicted molar refractivity (Wildman–Crippen MR) is 103 cm³/mol. The van der Waals surface area contributed by atoms with E-state index in [1.807, 2.05) is 13.0 Å². The summed E-state index contributed by atoms with van der Waals surface area (Å²) in [7, 11) is 0. The van der Waals surface area contributed by atoms with E-state index in [9.17, 15) is 19.5 Å². The van der Waals surface area contributed by atoms with Crippen LogP contribution >= 0.6 is 11.8 Å². The highest BCUT2D eigenvalue weighted by molar-refractivity contribution is 8.03. The van der Waals surface area contributed by atoms with E-state index >= 15 is 0 Å². The molecule has 0 aromatic heterocycles. The molecule has 2 saturated heterocycles. The van der Waals surface area contributed by atoms with Crippen LogP contribution < -0.4 is 10.1 Å². The van der Waals surface area contributed by atoms with Crippen LogP contribution in [0.5, 0.6) is 5.75 Å². The molecule has 3 heterocycles. The van der Waals surface area contributed by atoms with Gasteiger partial charge in [-0.15, -0.1) is 11.8 Å². The summed E-state index contributed by atoms with van der Waals surface area (Å²) in [6, 6.07) is 8.44. The second-order valence-corrected chi connectivity index (χ2v) is 8.76. The third-order valence-corrected chi connectivity index (χ3v) is 6.97. The highest BCUT2D eigenvalue weighted by atomic mass is 32.2. The number of nitrogens with one attached hydrogen (secondary N) is 1. The van der Waals surface area contributed by atoms with Crippen LogP contribution in [0.25, 0.3) is 0 Å². The number of β-lactam (4-membered cyclic amide) rings is 1. The van der Waals surface area contributed by atoms with Gasteiger partial charge in [0.2, 0.25) is 11.8 Å². The van der Waals surface area contributed by atoms with Gasteiger partial charge in [-0.2, -0.15) is 0 Å². The molecule has 5 atom stereocenters. The van der Waals surface area contributed by atoms with Gasteiger partial charge >= 0.3 is 5.97 Å². The molecule has 148 valence electrons. The van der Waals surface area contributed by atoms with Gasteiger partial charge in [-0.1, -0.05) is 25.1 Å². The molecule has 28 heavy (non-hydrogen) atoms. The zero-order valence-corrected chi connectivity index (χ0v) is 16.4. The summed E-state index contributed by atoms with van der Waals surface area (Å²) in [5.74, 6) is -1.11. The van der Waals surface area contributed by atoms with Crippen LogP contribution in [-0.4, -0.2) is 51.7 Å². The van der Waals surface area contributed by atoms with Gasteiger partial charge in [0, 0.05) is 29.0 Å². The molecule has 0 unspecified atom stereocenters. The van der Waals surface area contributed by atoms with Crippen LogP contribution in [0.3, 0.4) is 0 Å². The summed E-state index contributed by atoms with van der Waals surface area (Å²) in [6.45, 7) is 4.08. The molecule has 7 nitrogen and oxygen atoms in total. The molecular weight excluding hydrogens is 380 g/mol. The lowest BCUT2D eigenvalue weighted by molar-refractivity contribution is -0.162. The number of aliphatic hydroxyl groups is 1. The molecule has 4 rings (SSSR count). The monoisotopic (exact) mass is 402 g/mol. The summed E-state index contributed by atoms with van der Waals surface area (Å²) < 4.78 is 5.51. The first kappa shape index (κ1) is 19.0. The molecule has 0 aliphatic carbocycles. The lowest BCUT2D eigenvalue weighted by Gasteiger charge is -2.46. The summed E-state index contributed by atoms with van der Waals surface area (Å²) in [4.78, 5) is 39.5. The topological polar surface area (TPSA) is 95.9 Å². The minimum absolute atomic E-state index is 0.00303. The second kappa shape index (κ2) is 7.25. The Morgan fingerprint density at radius 2 is 2.04 bits per heavy atom. The molecule has 2 fully saturated rings. The maximum Gasteiger partial charge on any atom is 0.361 e. The van der Waals surface area contributed by atoms with Crippen molar-refractivity contribution in [2.45, 2.75) is 37.7 Å². The molecular formula is C20H22N2O5S. The van der Waals surface area contributed by atoms with Gasteiger partial charge in [-0.3, -0.25) is 9.59 Å². The molecule has 0 saturated carbocycles. The van der Waals surface area contributed by atoms with E-state index in [2.05, 4.69) is 5.32 Å². The Balaban J connectivity index is 1.65. The molecule has 3 aliphatic rings. The Bertz CT molecular complexity index is 853. The molecule has 0 bridgehead atoms. The van der Waals surface area contributed by atoms with Gasteiger partial charge in [0.15, 0.2) is 0 Å². The van der Waals surface area contributed by atoms with Crippen molar-refractivity contribution in [3.05, 3.63) is 40.9 Å². The van der Waals surface area contributed by atoms with Crippen molar-refractivity contribution in [1.82, 2.24) is 10.2 Å². The van der Waals surface area contributed by atoms with Crippen molar-refractivity contribution in [2.24, 2.45) is 11.8 Å². The van der Waals surface area contributed by atoms with E-state index in [0.29, 0.717) is 18.7 Å². The van der Waals surface area contributed by atoms with Gasteiger partial charge in [0.1, 0.15) is 11.4 Å². The van der Waals surface area contributed by atoms with Gasteiger partial charge in [-0.25, -0.2) is 4.79 Å². The fraction of sp³-hybridized carbons (Fsp3) is 0.450. The van der Waals surface area contributed by atoms with E-state index in [1.54, 1.807) is 31.2 Å². The lowest BCUT2D eigenvalue weighted by atomic mass is 9.79. The molecule has 1 aromatic rings. The maximum atomic E-state index is 13.0. The zero-order chi connectivity index (χ0) is 20.0. The Kier molecular flexibility index (Phi) is 4.93. The zero-order valence-electron chi connectivity index (χ0n) is 15.6. The number of para-hydroxylation sites is 1. The number of hydrogen-bond acceptors (Lipinski definition) is 6. The number of carbonyl (C=O) groups excluding carboxylic acids is 3. The summed E-state index contributed by atoms with van der Waals surface area (Å²) in [5, 5.41) is 12.8. The van der Waals surface area contributed by atoms with Crippen LogP contribution in [0.1, 0.15) is 20.3 Å². The minimum Gasteiger partial charge on any atom is -0.422 e. The van der Waals surface area contributed by atoms with Crippen molar-refractivity contribution in [3.8, 4) is 5.75 Å². The molecule has 2 N–H and O–H groups in total. The van der Waals surface area contributed by atoms with E-state index in [4.69, 9.17) is 4.74 Å². The fourth-order valence-electron chi connectivity index (χ4n) is 4.15. The number of esters is 1. The predicted octanol–water partition coefficient (Wildman–Crippen LogP) is 1.28. The first-order valence-corrected chi connectivity index (χ1v) is 10.2. The van der Waals surface area contributed by atoms with Crippen LogP contribution in [0.2, 0.25) is 0 Å². The highest BCUT2D eigenvalue weighted by Gasteiger charge is 2.60. The van der Waals surface area contributed by atoms with Gasteiger partial charge in [-0.05, 0) is 19.1 Å². The van der Waals surface area contributed by atoms with Crippen molar-refractivity contribution >= 4 is 29.5 Å². The Morgan fingerprint density at radius 1 is 1.32 bits per heavy atom. The van der Waals surface area contributed by atoms with Crippen LogP contribution in [0.4, 0.5) is 0 Å². The number of hydrogen-bond donors (Lipinski definition) is 2. The number of thioether (sulfide) groups is 1. The quantitative estimate of drug-likeness (QED) is 0.438. The van der Waals surface area contributed by atoms with E-state index in [0.717, 1.165) is 4.91 Å². The number of rotatable bonds is 5. The smallest absolute Gasteiger partial charge is 0.361 e. The summed E-state index contributed by atoms with van der Waals surface area (Å²) in [6.07, 6.45) is -0.415. The first-order valence-electron chi connectivity index (χ1n) is 9.34. The maximum absolute atomic E-state index is 13.0. The van der Waals surface area contributed by atoms with Crippen molar-refractivity contribution in [1.29, 1.82) is 0 Å². The Hall–Kier alpha value is -2.32. The average molecular weight is 402 g/mol. The summed E-state index contributed by atoms with van der Waals surface area (Å²) >= 11 is 1.46. The van der Waals surface area contributed by atoms with E-state index in [1.165, 1.54) is 16.7 Å². The summed E-state index contributed by atoms with van der Waals surface area (Å²) in [5.41, 5.74) is 0.243. The fourth-order valence-corrected chi connectivity index (χ4v) is 5.56. The van der Waals surface area contributed by atoms with Gasteiger partial charge in [0.05, 0.1) is 18.1 Å². The minimum atomic E-state index is -0.790. The number of aliphatic hydroxyl groups excluding tert-OH is 1. The third kappa shape index (κ3) is 3.10.